The molecular weight excluding hydrogens is 332 g/mol. The Morgan fingerprint density at radius 3 is 2.85 bits per heavy atom. The molecule has 0 aliphatic carbocycles. The van der Waals surface area contributed by atoms with Gasteiger partial charge < -0.3 is 10.1 Å². The lowest BCUT2D eigenvalue weighted by Gasteiger charge is -2.25. The summed E-state index contributed by atoms with van der Waals surface area (Å²) in [5.74, 6) is 0.404. The lowest BCUT2D eigenvalue weighted by molar-refractivity contribution is -0.118. The summed E-state index contributed by atoms with van der Waals surface area (Å²) in [6, 6.07) is 7.50. The van der Waals surface area contributed by atoms with Gasteiger partial charge in [0.1, 0.15) is 5.82 Å². The number of anilines is 1. The van der Waals surface area contributed by atoms with Gasteiger partial charge in [-0.2, -0.15) is 10.2 Å². The molecule has 4 rings (SSSR count). The van der Waals surface area contributed by atoms with Crippen LogP contribution in [0.15, 0.2) is 42.9 Å². The molecule has 3 aromatic heterocycles. The SMILES string of the molecule is O=C(CN1CCOCC1)Nc1cc2nc(-c3ccnnc3)ccc2cn1. The molecule has 1 aliphatic rings. The highest BCUT2D eigenvalue weighted by Gasteiger charge is 2.14. The van der Waals surface area contributed by atoms with Crippen LogP contribution in [0.3, 0.4) is 0 Å². The summed E-state index contributed by atoms with van der Waals surface area (Å²) < 4.78 is 5.29. The standard InChI is InChI=1S/C18H18N6O2/c25-18(12-24-5-7-26-8-6-24)23-17-9-16-13(10-19-17)1-2-15(22-16)14-3-4-20-21-11-14/h1-4,9-11H,5-8,12H2,(H,19,23,25). The molecule has 1 fully saturated rings. The molecule has 0 bridgehead atoms. The molecule has 132 valence electrons. The van der Waals surface area contributed by atoms with Crippen LogP contribution in [0.25, 0.3) is 22.2 Å². The van der Waals surface area contributed by atoms with Crippen molar-refractivity contribution in [2.75, 3.05) is 38.2 Å². The summed E-state index contributed by atoms with van der Waals surface area (Å²) in [4.78, 5) is 23.2. The molecule has 1 saturated heterocycles. The van der Waals surface area contributed by atoms with Crippen molar-refractivity contribution in [1.29, 1.82) is 0 Å². The third-order valence-electron chi connectivity index (χ3n) is 4.19. The number of carbonyl (C=O) groups excluding carboxylic acids is 1. The highest BCUT2D eigenvalue weighted by atomic mass is 16.5. The number of nitrogens with zero attached hydrogens (tertiary/aromatic N) is 5. The number of morpholine rings is 1. The molecule has 0 radical (unpaired) electrons. The predicted molar refractivity (Wildman–Crippen MR) is 96.5 cm³/mol. The predicted octanol–water partition coefficient (Wildman–Crippen LogP) is 1.36. The Morgan fingerprint density at radius 1 is 1.15 bits per heavy atom. The molecule has 26 heavy (non-hydrogen) atoms. The average molecular weight is 350 g/mol. The maximum atomic E-state index is 12.2. The molecule has 3 aromatic rings. The van der Waals surface area contributed by atoms with Crippen LogP contribution >= 0.6 is 0 Å². The van der Waals surface area contributed by atoms with Gasteiger partial charge in [0.25, 0.3) is 0 Å². The number of aromatic nitrogens is 4. The summed E-state index contributed by atoms with van der Waals surface area (Å²) in [5, 5.41) is 11.4. The maximum Gasteiger partial charge on any atom is 0.239 e. The van der Waals surface area contributed by atoms with Gasteiger partial charge in [0.2, 0.25) is 5.91 Å². The molecule has 8 nitrogen and oxygen atoms in total. The van der Waals surface area contributed by atoms with Crippen LogP contribution in [-0.2, 0) is 9.53 Å². The molecule has 0 spiro atoms. The summed E-state index contributed by atoms with van der Waals surface area (Å²) in [6.45, 7) is 3.20. The molecule has 4 heterocycles. The van der Waals surface area contributed by atoms with Gasteiger partial charge in [-0.1, -0.05) is 0 Å². The largest absolute Gasteiger partial charge is 0.379 e. The Hall–Kier alpha value is -2.97. The van der Waals surface area contributed by atoms with Crippen molar-refractivity contribution >= 4 is 22.6 Å². The molecule has 1 N–H and O–H groups in total. The van der Waals surface area contributed by atoms with Crippen molar-refractivity contribution in [3.8, 4) is 11.3 Å². The third-order valence-corrected chi connectivity index (χ3v) is 4.19. The number of hydrogen-bond donors (Lipinski definition) is 1. The highest BCUT2D eigenvalue weighted by molar-refractivity contribution is 5.93. The zero-order valence-corrected chi connectivity index (χ0v) is 14.1. The van der Waals surface area contributed by atoms with Crippen molar-refractivity contribution in [2.45, 2.75) is 0 Å². The smallest absolute Gasteiger partial charge is 0.239 e. The number of ether oxygens (including phenoxy) is 1. The normalized spacial score (nSPS) is 15.1. The number of amides is 1. The molecular formula is C18H18N6O2. The van der Waals surface area contributed by atoms with E-state index in [4.69, 9.17) is 4.74 Å². The van der Waals surface area contributed by atoms with Gasteiger partial charge >= 0.3 is 0 Å². The first-order valence-corrected chi connectivity index (χ1v) is 8.42. The van der Waals surface area contributed by atoms with Crippen molar-refractivity contribution in [3.63, 3.8) is 0 Å². The Kier molecular flexibility index (Phi) is 4.76. The zero-order valence-electron chi connectivity index (χ0n) is 14.1. The summed E-state index contributed by atoms with van der Waals surface area (Å²) in [6.07, 6.45) is 5.01. The van der Waals surface area contributed by atoms with Crippen molar-refractivity contribution < 1.29 is 9.53 Å². The van der Waals surface area contributed by atoms with Crippen molar-refractivity contribution in [1.82, 2.24) is 25.1 Å². The van der Waals surface area contributed by atoms with Gasteiger partial charge in [0.15, 0.2) is 0 Å². The van der Waals surface area contributed by atoms with Crippen molar-refractivity contribution in [3.05, 3.63) is 42.9 Å². The third kappa shape index (κ3) is 3.81. The van der Waals surface area contributed by atoms with Crippen LogP contribution in [0.2, 0.25) is 0 Å². The quantitative estimate of drug-likeness (QED) is 0.759. The van der Waals surface area contributed by atoms with Crippen molar-refractivity contribution in [2.24, 2.45) is 0 Å². The van der Waals surface area contributed by atoms with Crippen LogP contribution in [0.5, 0.6) is 0 Å². The van der Waals surface area contributed by atoms with E-state index in [0.29, 0.717) is 25.6 Å². The van der Waals surface area contributed by atoms with Gasteiger partial charge in [-0.25, -0.2) is 9.97 Å². The van der Waals surface area contributed by atoms with E-state index in [9.17, 15) is 4.79 Å². The highest BCUT2D eigenvalue weighted by Crippen LogP contribution is 2.21. The second kappa shape index (κ2) is 7.51. The molecule has 0 unspecified atom stereocenters. The van der Waals surface area contributed by atoms with Gasteiger partial charge in [0, 0.05) is 36.3 Å². The minimum absolute atomic E-state index is 0.0896. The second-order valence-electron chi connectivity index (χ2n) is 6.03. The fourth-order valence-corrected chi connectivity index (χ4v) is 2.83. The van der Waals surface area contributed by atoms with E-state index in [-0.39, 0.29) is 5.91 Å². The molecule has 1 amide bonds. The van der Waals surface area contributed by atoms with Crippen LogP contribution in [0.4, 0.5) is 5.82 Å². The minimum atomic E-state index is -0.0896. The van der Waals surface area contributed by atoms with Crippen LogP contribution in [-0.4, -0.2) is 63.8 Å². The number of nitrogens with one attached hydrogen (secondary N) is 1. The van der Waals surface area contributed by atoms with E-state index in [1.165, 1.54) is 0 Å². The van der Waals surface area contributed by atoms with Crippen LogP contribution in [0, 0.1) is 0 Å². The number of pyridine rings is 2. The molecule has 1 aliphatic heterocycles. The van der Waals surface area contributed by atoms with E-state index < -0.39 is 0 Å². The number of carbonyl (C=O) groups is 1. The Labute approximate surface area is 150 Å². The Bertz CT molecular complexity index is 912. The van der Waals surface area contributed by atoms with E-state index in [1.807, 2.05) is 18.2 Å². The number of hydrogen-bond acceptors (Lipinski definition) is 7. The Morgan fingerprint density at radius 2 is 2.04 bits per heavy atom. The first kappa shape index (κ1) is 16.5. The van der Waals surface area contributed by atoms with E-state index >= 15 is 0 Å². The van der Waals surface area contributed by atoms with Gasteiger partial charge in [-0.15, -0.1) is 0 Å². The summed E-state index contributed by atoms with van der Waals surface area (Å²) >= 11 is 0. The molecule has 0 aromatic carbocycles. The first-order valence-electron chi connectivity index (χ1n) is 8.42. The molecule has 0 saturated carbocycles. The van der Waals surface area contributed by atoms with E-state index in [1.54, 1.807) is 24.7 Å². The van der Waals surface area contributed by atoms with Gasteiger partial charge in [-0.05, 0) is 18.2 Å². The maximum absolute atomic E-state index is 12.2. The number of rotatable bonds is 4. The fraction of sp³-hybridized carbons (Fsp3) is 0.278. The van der Waals surface area contributed by atoms with Crippen LogP contribution < -0.4 is 5.32 Å². The topological polar surface area (TPSA) is 93.1 Å². The van der Waals surface area contributed by atoms with E-state index in [2.05, 4.69) is 30.4 Å². The monoisotopic (exact) mass is 350 g/mol. The Balaban J connectivity index is 1.51. The van der Waals surface area contributed by atoms with Gasteiger partial charge in [-0.3, -0.25) is 9.69 Å². The summed E-state index contributed by atoms with van der Waals surface area (Å²) in [7, 11) is 0. The average Bonchev–Trinajstić information content (AvgIpc) is 2.69. The minimum Gasteiger partial charge on any atom is -0.379 e. The van der Waals surface area contributed by atoms with E-state index in [0.717, 1.165) is 35.2 Å². The van der Waals surface area contributed by atoms with Gasteiger partial charge in [0.05, 0.1) is 43.4 Å². The lowest BCUT2D eigenvalue weighted by Crippen LogP contribution is -2.41. The molecule has 8 heteroatoms. The zero-order chi connectivity index (χ0) is 17.8. The summed E-state index contributed by atoms with van der Waals surface area (Å²) in [5.41, 5.74) is 2.44. The number of fused-ring (bicyclic) bond motifs is 1. The second-order valence-corrected chi connectivity index (χ2v) is 6.03. The lowest BCUT2D eigenvalue weighted by atomic mass is 10.1. The first-order chi connectivity index (χ1) is 12.8. The molecule has 0 atom stereocenters. The van der Waals surface area contributed by atoms with Crippen LogP contribution in [0.1, 0.15) is 0 Å². The fourth-order valence-electron chi connectivity index (χ4n) is 2.83.